The quantitative estimate of drug-likeness (QED) is 0.131. The standard InChI is InChI=1S/C52H34OS/c1-31(35-26-27-43-45(30-35)53-51-41-20-10-11-21-42(41)52-50(49(43)51)44-22-12-13-23-46(44)54-52)28-34-24-25-36(29-32(34)2)48-39-18-8-6-16-37(39)47(33-14-4-3-5-15-33)38-17-7-9-19-40(38)48/h3-30H,1-2H3/b31-28+. The number of rotatable bonds is 4. The van der Waals surface area contributed by atoms with Gasteiger partial charge in [-0.25, -0.2) is 0 Å². The van der Waals surface area contributed by atoms with Crippen molar-refractivity contribution in [3.63, 3.8) is 0 Å². The topological polar surface area (TPSA) is 13.1 Å². The van der Waals surface area contributed by atoms with Gasteiger partial charge < -0.3 is 4.42 Å². The Morgan fingerprint density at radius 3 is 1.78 bits per heavy atom. The van der Waals surface area contributed by atoms with E-state index in [-0.39, 0.29) is 0 Å². The van der Waals surface area contributed by atoms with E-state index >= 15 is 0 Å². The highest BCUT2D eigenvalue weighted by molar-refractivity contribution is 7.27. The van der Waals surface area contributed by atoms with Gasteiger partial charge in [-0.3, -0.25) is 0 Å². The first-order valence-electron chi connectivity index (χ1n) is 18.6. The van der Waals surface area contributed by atoms with Gasteiger partial charge in [-0.2, -0.15) is 0 Å². The van der Waals surface area contributed by atoms with E-state index in [0.29, 0.717) is 0 Å². The first-order valence-corrected chi connectivity index (χ1v) is 19.4. The average Bonchev–Trinajstić information content (AvgIpc) is 3.80. The number of hydrogen-bond donors (Lipinski definition) is 0. The molecule has 2 aromatic heterocycles. The van der Waals surface area contributed by atoms with Gasteiger partial charge >= 0.3 is 0 Å². The molecule has 0 amide bonds. The molecule has 0 atom stereocenters. The summed E-state index contributed by atoms with van der Waals surface area (Å²) in [6, 6.07) is 59.7. The predicted molar refractivity (Wildman–Crippen MR) is 235 cm³/mol. The Kier molecular flexibility index (Phi) is 6.92. The summed E-state index contributed by atoms with van der Waals surface area (Å²) in [6.45, 7) is 4.44. The Balaban J connectivity index is 1.03. The van der Waals surface area contributed by atoms with E-state index in [9.17, 15) is 0 Å². The van der Waals surface area contributed by atoms with E-state index in [2.05, 4.69) is 184 Å². The zero-order valence-corrected chi connectivity index (χ0v) is 30.8. The molecule has 54 heavy (non-hydrogen) atoms. The second kappa shape index (κ2) is 12.0. The Hall–Kier alpha value is -6.48. The van der Waals surface area contributed by atoms with E-state index in [1.165, 1.54) is 102 Å². The lowest BCUT2D eigenvalue weighted by Crippen LogP contribution is -1.92. The molecule has 0 saturated heterocycles. The maximum atomic E-state index is 6.81. The predicted octanol–water partition coefficient (Wildman–Crippen LogP) is 15.6. The fourth-order valence-electron chi connectivity index (χ4n) is 8.81. The number of fused-ring (bicyclic) bond motifs is 12. The maximum absolute atomic E-state index is 6.81. The normalized spacial score (nSPS) is 12.4. The lowest BCUT2D eigenvalue weighted by Gasteiger charge is -2.18. The molecule has 0 bridgehead atoms. The summed E-state index contributed by atoms with van der Waals surface area (Å²) in [5, 5.41) is 12.5. The van der Waals surface area contributed by atoms with Crippen molar-refractivity contribution in [3.05, 3.63) is 180 Å². The molecule has 11 rings (SSSR count). The van der Waals surface area contributed by atoms with Crippen molar-refractivity contribution in [1.82, 2.24) is 0 Å². The SMILES string of the molecule is C/C(=C\c1ccc(-c2c3ccccc3c(-c3ccccc3)c3ccccc23)cc1C)c1ccc2c(c1)oc1c3ccccc3c3sc4ccccc4c3c21. The second-order valence-electron chi connectivity index (χ2n) is 14.5. The summed E-state index contributed by atoms with van der Waals surface area (Å²) in [5.41, 5.74) is 11.8. The van der Waals surface area contributed by atoms with Crippen LogP contribution >= 0.6 is 11.3 Å². The third-order valence-corrected chi connectivity index (χ3v) is 12.5. The van der Waals surface area contributed by atoms with Crippen LogP contribution in [0.15, 0.2) is 168 Å². The zero-order chi connectivity index (χ0) is 35.9. The largest absolute Gasteiger partial charge is 0.455 e. The van der Waals surface area contributed by atoms with Crippen LogP contribution in [0.25, 0.3) is 108 Å². The van der Waals surface area contributed by atoms with Crippen molar-refractivity contribution in [3.8, 4) is 22.3 Å². The molecule has 0 aliphatic heterocycles. The average molecular weight is 707 g/mol. The van der Waals surface area contributed by atoms with Crippen molar-refractivity contribution in [2.45, 2.75) is 13.8 Å². The van der Waals surface area contributed by atoms with Gasteiger partial charge in [-0.1, -0.05) is 152 Å². The molecular formula is C52H34OS. The van der Waals surface area contributed by atoms with Crippen LogP contribution in [0.3, 0.4) is 0 Å². The number of benzene rings is 9. The lowest BCUT2D eigenvalue weighted by atomic mass is 9.85. The van der Waals surface area contributed by atoms with Gasteiger partial charge in [-0.15, -0.1) is 11.3 Å². The number of allylic oxidation sites excluding steroid dienone is 1. The highest BCUT2D eigenvalue weighted by Gasteiger charge is 2.20. The van der Waals surface area contributed by atoms with Crippen molar-refractivity contribution < 1.29 is 4.42 Å². The van der Waals surface area contributed by atoms with Crippen LogP contribution in [0.2, 0.25) is 0 Å². The molecule has 2 heterocycles. The van der Waals surface area contributed by atoms with E-state index < -0.39 is 0 Å². The summed E-state index contributed by atoms with van der Waals surface area (Å²) in [5.74, 6) is 0. The van der Waals surface area contributed by atoms with Crippen LogP contribution < -0.4 is 0 Å². The van der Waals surface area contributed by atoms with Gasteiger partial charge in [0.2, 0.25) is 0 Å². The van der Waals surface area contributed by atoms with Crippen LogP contribution in [0.4, 0.5) is 0 Å². The summed E-state index contributed by atoms with van der Waals surface area (Å²) in [7, 11) is 0. The van der Waals surface area contributed by atoms with Crippen LogP contribution in [0, 0.1) is 6.92 Å². The number of thiophene rings is 1. The minimum Gasteiger partial charge on any atom is -0.455 e. The molecule has 0 radical (unpaired) electrons. The van der Waals surface area contributed by atoms with E-state index in [4.69, 9.17) is 4.42 Å². The van der Waals surface area contributed by atoms with Crippen molar-refractivity contribution in [2.24, 2.45) is 0 Å². The van der Waals surface area contributed by atoms with Gasteiger partial charge in [-0.05, 0) is 98.1 Å². The van der Waals surface area contributed by atoms with E-state index in [1.54, 1.807) is 0 Å². The number of aryl methyl sites for hydroxylation is 1. The van der Waals surface area contributed by atoms with Crippen molar-refractivity contribution in [2.75, 3.05) is 0 Å². The number of hydrogen-bond acceptors (Lipinski definition) is 2. The summed E-state index contributed by atoms with van der Waals surface area (Å²) >= 11 is 1.88. The summed E-state index contributed by atoms with van der Waals surface area (Å²) in [6.07, 6.45) is 2.32. The molecule has 2 heteroatoms. The molecule has 0 saturated carbocycles. The molecule has 9 aromatic carbocycles. The van der Waals surface area contributed by atoms with Crippen molar-refractivity contribution in [1.29, 1.82) is 0 Å². The fraction of sp³-hybridized carbons (Fsp3) is 0.0385. The Morgan fingerprint density at radius 1 is 0.500 bits per heavy atom. The molecule has 0 aliphatic rings. The second-order valence-corrected chi connectivity index (χ2v) is 15.5. The van der Waals surface area contributed by atoms with Gasteiger partial charge in [0.15, 0.2) is 0 Å². The minimum absolute atomic E-state index is 0.924. The van der Waals surface area contributed by atoms with E-state index in [0.717, 1.165) is 16.7 Å². The Labute approximate surface area is 317 Å². The van der Waals surface area contributed by atoms with Gasteiger partial charge in [0.1, 0.15) is 11.2 Å². The highest BCUT2D eigenvalue weighted by atomic mass is 32.1. The Bertz CT molecular complexity index is 3280. The molecule has 11 aromatic rings. The highest BCUT2D eigenvalue weighted by Crippen LogP contribution is 2.48. The molecule has 0 aliphatic carbocycles. The van der Waals surface area contributed by atoms with Crippen LogP contribution in [-0.2, 0) is 0 Å². The lowest BCUT2D eigenvalue weighted by molar-refractivity contribution is 0.673. The first-order chi connectivity index (χ1) is 26.6. The molecule has 0 unspecified atom stereocenters. The monoisotopic (exact) mass is 706 g/mol. The molecule has 254 valence electrons. The molecule has 0 spiro atoms. The van der Waals surface area contributed by atoms with Crippen molar-refractivity contribution >= 4 is 97.4 Å². The number of furan rings is 1. The van der Waals surface area contributed by atoms with Gasteiger partial charge in [0, 0.05) is 41.7 Å². The third-order valence-electron chi connectivity index (χ3n) is 11.3. The first kappa shape index (κ1) is 31.1. The minimum atomic E-state index is 0.924. The summed E-state index contributed by atoms with van der Waals surface area (Å²) in [4.78, 5) is 0. The van der Waals surface area contributed by atoms with Gasteiger partial charge in [0.25, 0.3) is 0 Å². The molecular weight excluding hydrogens is 673 g/mol. The third kappa shape index (κ3) is 4.63. The van der Waals surface area contributed by atoms with Crippen LogP contribution in [-0.4, -0.2) is 0 Å². The zero-order valence-electron chi connectivity index (χ0n) is 30.0. The van der Waals surface area contributed by atoms with Crippen LogP contribution in [0.5, 0.6) is 0 Å². The van der Waals surface area contributed by atoms with Gasteiger partial charge in [0.05, 0.1) is 0 Å². The molecule has 1 nitrogen and oxygen atoms in total. The Morgan fingerprint density at radius 2 is 1.09 bits per heavy atom. The van der Waals surface area contributed by atoms with Crippen LogP contribution in [0.1, 0.15) is 23.6 Å². The van der Waals surface area contributed by atoms with E-state index in [1.807, 2.05) is 11.3 Å². The smallest absolute Gasteiger partial charge is 0.143 e. The maximum Gasteiger partial charge on any atom is 0.143 e. The molecule has 0 fully saturated rings. The fourth-order valence-corrected chi connectivity index (χ4v) is 10.1. The molecule has 0 N–H and O–H groups in total. The summed E-state index contributed by atoms with van der Waals surface area (Å²) < 4.78 is 9.44.